The van der Waals surface area contributed by atoms with E-state index in [1.54, 1.807) is 0 Å². The molecule has 0 fully saturated rings. The van der Waals surface area contributed by atoms with Crippen molar-refractivity contribution in [1.29, 1.82) is 0 Å². The summed E-state index contributed by atoms with van der Waals surface area (Å²) in [6, 6.07) is 37.8. The predicted molar refractivity (Wildman–Crippen MR) is 344 cm³/mol. The van der Waals surface area contributed by atoms with Crippen molar-refractivity contribution in [2.45, 2.75) is 172 Å². The maximum Gasteiger partial charge on any atom is 0.341 e. The van der Waals surface area contributed by atoms with Crippen molar-refractivity contribution in [2.24, 2.45) is 0 Å². The van der Waals surface area contributed by atoms with Gasteiger partial charge in [-0.05, 0) is 180 Å². The molecule has 4 nitrogen and oxygen atoms in total. The lowest BCUT2D eigenvalue weighted by Gasteiger charge is -2.39. The van der Waals surface area contributed by atoms with Crippen LogP contribution in [0.5, 0.6) is 0 Å². The number of carbonyl (C=O) groups is 1. The second kappa shape index (κ2) is 28.6. The number of nitrogens with zero attached hydrogens (tertiary/aromatic N) is 2. The van der Waals surface area contributed by atoms with Gasteiger partial charge in [0, 0.05) is 43.1 Å². The fourth-order valence-corrected chi connectivity index (χ4v) is 13.2. The van der Waals surface area contributed by atoms with Crippen LogP contribution in [0.2, 0.25) is 20.1 Å². The summed E-state index contributed by atoms with van der Waals surface area (Å²) in [4.78, 5) is 20.4. The van der Waals surface area contributed by atoms with Crippen LogP contribution in [-0.4, -0.2) is 32.1 Å². The average molecular weight is 1140 g/mol. The molecule has 0 unspecified atom stereocenters. The summed E-state index contributed by atoms with van der Waals surface area (Å²) < 4.78 is 7.35. The van der Waals surface area contributed by atoms with Gasteiger partial charge in [0.25, 0.3) is 0 Å². The molecule has 3 aliphatic rings. The van der Waals surface area contributed by atoms with Crippen molar-refractivity contribution >= 4 is 74.9 Å². The molecule has 0 saturated heterocycles. The summed E-state index contributed by atoms with van der Waals surface area (Å²) >= 11 is 29.1. The molecule has 420 valence electrons. The minimum absolute atomic E-state index is 0.0322. The van der Waals surface area contributed by atoms with E-state index in [1.165, 1.54) is 50.3 Å². The van der Waals surface area contributed by atoms with Crippen LogP contribution in [-0.2, 0) is 23.2 Å². The second-order valence-electron chi connectivity index (χ2n) is 21.7. The van der Waals surface area contributed by atoms with E-state index in [2.05, 4.69) is 189 Å². The van der Waals surface area contributed by atoms with Gasteiger partial charge >= 0.3 is 5.97 Å². The highest BCUT2D eigenvalue weighted by atomic mass is 35.5. The molecule has 0 aromatic heterocycles. The van der Waals surface area contributed by atoms with Gasteiger partial charge in [-0.15, -0.1) is 0 Å². The van der Waals surface area contributed by atoms with E-state index in [4.69, 9.17) is 51.1 Å². The lowest BCUT2D eigenvalue weighted by molar-refractivity contribution is 0.0213. The number of hydrogen-bond acceptors (Lipinski definition) is 4. The molecule has 0 amide bonds. The zero-order valence-electron chi connectivity index (χ0n) is 49.3. The molecule has 5 aromatic rings. The molecule has 0 bridgehead atoms. The van der Waals surface area contributed by atoms with Crippen molar-refractivity contribution in [3.63, 3.8) is 0 Å². The van der Waals surface area contributed by atoms with Crippen LogP contribution in [0.15, 0.2) is 114 Å². The van der Waals surface area contributed by atoms with Gasteiger partial charge in [0.1, 0.15) is 0 Å². The molecule has 0 radical (unpaired) electrons. The summed E-state index contributed by atoms with van der Waals surface area (Å²) in [6.07, 6.45) is 13.6. The molecular formula is C71H86Cl4N2O2. The minimum Gasteiger partial charge on any atom is -0.441 e. The first-order valence-electron chi connectivity index (χ1n) is 29.8. The van der Waals surface area contributed by atoms with Crippen LogP contribution in [0.25, 0.3) is 22.3 Å². The third-order valence-corrected chi connectivity index (χ3v) is 18.0. The second-order valence-corrected chi connectivity index (χ2v) is 23.2. The Morgan fingerprint density at radius 2 is 0.911 bits per heavy atom. The smallest absolute Gasteiger partial charge is 0.341 e. The van der Waals surface area contributed by atoms with Crippen LogP contribution in [0.1, 0.15) is 198 Å². The van der Waals surface area contributed by atoms with Gasteiger partial charge in [-0.1, -0.05) is 219 Å². The number of aryl methyl sites for hydroxylation is 5. The van der Waals surface area contributed by atoms with E-state index < -0.39 is 11.6 Å². The molecule has 1 heterocycles. The molecule has 2 aliphatic carbocycles. The lowest BCUT2D eigenvalue weighted by Crippen LogP contribution is -2.34. The first-order valence-corrected chi connectivity index (χ1v) is 31.3. The van der Waals surface area contributed by atoms with Crippen LogP contribution in [0, 0.1) is 20.8 Å². The molecule has 0 N–H and O–H groups in total. The average Bonchev–Trinajstić information content (AvgIpc) is 4.05. The summed E-state index contributed by atoms with van der Waals surface area (Å²) in [7, 11) is 0. The molecule has 8 rings (SSSR count). The van der Waals surface area contributed by atoms with Crippen molar-refractivity contribution in [3.8, 4) is 11.1 Å². The Labute approximate surface area is 495 Å². The van der Waals surface area contributed by atoms with Gasteiger partial charge in [0.15, 0.2) is 5.60 Å². The van der Waals surface area contributed by atoms with E-state index in [0.29, 0.717) is 18.4 Å². The first kappa shape index (κ1) is 61.6. The number of fused-ring (bicyclic) bond motifs is 2. The standard InChI is InChI=1S/C64H80Cl4N2O2.C7H6/c1-11-19-37-69(38-20-12-2)53-35-33-47(41-43(53)9)55(49-31-25-23-29-45(49)27-15-5)51(17-7)64(58-57(63(71)72-64)59(65)61(67)62(68)60(58)66)52(18-8)56(50-32-26-24-30-46(50)28-16-6)48-34-36-54(44(10)42-48)70(39-21-13-3)40-22-14-4;1-5-4-6-2-3-7(5)6/h23-26,29-36,41-42H,11-22,27-28,37-40H2,1-10H3;2-4H,1H3. The maximum atomic E-state index is 15.3. The number of unbranched alkanes of at least 4 members (excludes halogenated alkanes) is 4. The number of anilines is 2. The van der Waals surface area contributed by atoms with Gasteiger partial charge < -0.3 is 14.5 Å². The number of esters is 1. The number of carbonyl (C=O) groups excluding carboxylic acids is 1. The van der Waals surface area contributed by atoms with Gasteiger partial charge in [-0.25, -0.2) is 4.79 Å². The monoisotopic (exact) mass is 1140 g/mol. The van der Waals surface area contributed by atoms with Gasteiger partial charge in [-0.2, -0.15) is 0 Å². The van der Waals surface area contributed by atoms with Gasteiger partial charge in [0.2, 0.25) is 0 Å². The van der Waals surface area contributed by atoms with Gasteiger partial charge in [0.05, 0.1) is 25.7 Å². The lowest BCUT2D eigenvalue weighted by atomic mass is 9.69. The maximum absolute atomic E-state index is 15.3. The summed E-state index contributed by atoms with van der Waals surface area (Å²) in [6.45, 7) is 28.5. The van der Waals surface area contributed by atoms with E-state index in [0.717, 1.165) is 148 Å². The van der Waals surface area contributed by atoms with E-state index in [9.17, 15) is 0 Å². The quantitative estimate of drug-likeness (QED) is 0.0307. The Hall–Kier alpha value is -4.97. The van der Waals surface area contributed by atoms with E-state index >= 15 is 4.79 Å². The van der Waals surface area contributed by atoms with Crippen molar-refractivity contribution in [2.75, 3.05) is 36.0 Å². The third kappa shape index (κ3) is 12.9. The first-order chi connectivity index (χ1) is 38.2. The normalized spacial score (nSPS) is 14.7. The largest absolute Gasteiger partial charge is 0.441 e. The number of ether oxygens (including phenoxy) is 1. The zero-order chi connectivity index (χ0) is 57.0. The summed E-state index contributed by atoms with van der Waals surface area (Å²) in [5, 5.41) is 0.327. The number of cyclic esters (lactones) is 1. The molecule has 0 spiro atoms. The molecule has 0 atom stereocenters. The zero-order valence-corrected chi connectivity index (χ0v) is 52.3. The molecule has 0 saturated carbocycles. The molecule has 8 heteroatoms. The molecule has 5 aromatic carbocycles. The highest BCUT2D eigenvalue weighted by Crippen LogP contribution is 2.60. The van der Waals surface area contributed by atoms with Crippen LogP contribution in [0.3, 0.4) is 0 Å². The molecular weight excluding hydrogens is 1050 g/mol. The fraction of sp³-hybridized carbons (Fsp3) is 0.423. The molecule has 79 heavy (non-hydrogen) atoms. The topological polar surface area (TPSA) is 32.8 Å². The Kier molecular flexibility index (Phi) is 22.3. The molecule has 1 aliphatic heterocycles. The summed E-state index contributed by atoms with van der Waals surface area (Å²) in [5.41, 5.74) is 18.7. The Morgan fingerprint density at radius 1 is 0.481 bits per heavy atom. The predicted octanol–water partition coefficient (Wildman–Crippen LogP) is 21.8. The Morgan fingerprint density at radius 3 is 1.24 bits per heavy atom. The van der Waals surface area contributed by atoms with Crippen molar-refractivity contribution < 1.29 is 9.53 Å². The Balaban J connectivity index is 0.00000118. The van der Waals surface area contributed by atoms with E-state index in [-0.39, 0.29) is 25.7 Å². The van der Waals surface area contributed by atoms with Crippen molar-refractivity contribution in [3.05, 3.63) is 196 Å². The Bertz CT molecular complexity index is 3010. The minimum atomic E-state index is -1.59. The summed E-state index contributed by atoms with van der Waals surface area (Å²) in [5.74, 6) is -0.585. The highest BCUT2D eigenvalue weighted by Gasteiger charge is 2.55. The van der Waals surface area contributed by atoms with Crippen molar-refractivity contribution in [1.82, 2.24) is 0 Å². The van der Waals surface area contributed by atoms with Crippen LogP contribution < -0.4 is 9.80 Å². The van der Waals surface area contributed by atoms with Gasteiger partial charge in [-0.3, -0.25) is 0 Å². The van der Waals surface area contributed by atoms with Crippen LogP contribution in [0.4, 0.5) is 11.4 Å². The number of benzene rings is 6. The number of halogens is 4. The number of rotatable bonds is 26. The van der Waals surface area contributed by atoms with Crippen LogP contribution >= 0.6 is 46.4 Å². The SMILES string of the molecule is CCCCN(CCCC)c1ccc(C(=C(CC)C2(C(CC)=C(c3ccc(N(CCCC)CCCC)c(C)c3)c3ccccc3CCC)OC(=O)c3c(Cl)c(Cl)c(Cl)c(Cl)c32)c2ccccc2CCC)cc1C.Cc1cc2ccc1-2. The van der Waals surface area contributed by atoms with E-state index in [1.807, 2.05) is 0 Å². The highest BCUT2D eigenvalue weighted by molar-refractivity contribution is 6.53. The number of hydrogen-bond donors (Lipinski definition) is 0. The third-order valence-electron chi connectivity index (χ3n) is 16.2. The fourth-order valence-electron chi connectivity index (χ4n) is 12.1.